The number of benzene rings is 1. The minimum atomic E-state index is -0.537. The third kappa shape index (κ3) is 3.92. The highest BCUT2D eigenvalue weighted by Gasteiger charge is 2.27. The van der Waals surface area contributed by atoms with Crippen molar-refractivity contribution < 1.29 is 14.0 Å². The van der Waals surface area contributed by atoms with Gasteiger partial charge in [-0.05, 0) is 23.6 Å². The van der Waals surface area contributed by atoms with E-state index in [-0.39, 0.29) is 17.2 Å². The van der Waals surface area contributed by atoms with Gasteiger partial charge in [0.2, 0.25) is 5.91 Å². The summed E-state index contributed by atoms with van der Waals surface area (Å²) < 4.78 is 5.01. The average molecular weight is 345 g/mol. The lowest BCUT2D eigenvalue weighted by molar-refractivity contribution is -0.134. The predicted octanol–water partition coefficient (Wildman–Crippen LogP) is 1.84. The molecule has 0 saturated carbocycles. The van der Waals surface area contributed by atoms with Gasteiger partial charge in [-0.25, -0.2) is 4.79 Å². The van der Waals surface area contributed by atoms with Gasteiger partial charge in [0.15, 0.2) is 5.58 Å². The zero-order chi connectivity index (χ0) is 18.2. The van der Waals surface area contributed by atoms with Crippen LogP contribution in [0, 0.1) is 5.41 Å². The van der Waals surface area contributed by atoms with Gasteiger partial charge >= 0.3 is 5.76 Å². The minimum absolute atomic E-state index is 0.0417. The predicted molar refractivity (Wildman–Crippen MR) is 93.4 cm³/mol. The molecule has 7 heteroatoms. The molecule has 1 saturated heterocycles. The van der Waals surface area contributed by atoms with E-state index in [9.17, 15) is 14.4 Å². The molecule has 0 atom stereocenters. The van der Waals surface area contributed by atoms with Crippen LogP contribution in [-0.2, 0) is 4.79 Å². The number of aromatic amines is 1. The van der Waals surface area contributed by atoms with E-state index in [0.29, 0.717) is 49.3 Å². The molecule has 2 amide bonds. The standard InChI is InChI=1S/C18H23N3O4/c1-18(2,3)11-15(22)20-6-8-21(9-7-20)16(23)12-4-5-13-14(10-12)25-17(24)19-13/h4-5,10H,6-9,11H2,1-3H3,(H,19,24). The molecular weight excluding hydrogens is 322 g/mol. The smallest absolute Gasteiger partial charge is 0.408 e. The lowest BCUT2D eigenvalue weighted by atomic mass is 9.91. The number of aromatic nitrogens is 1. The highest BCUT2D eigenvalue weighted by Crippen LogP contribution is 2.21. The Bertz CT molecular complexity index is 851. The van der Waals surface area contributed by atoms with Crippen LogP contribution >= 0.6 is 0 Å². The molecule has 1 aromatic carbocycles. The number of nitrogens with one attached hydrogen (secondary N) is 1. The molecule has 134 valence electrons. The van der Waals surface area contributed by atoms with Crippen molar-refractivity contribution >= 4 is 22.9 Å². The fourth-order valence-corrected chi connectivity index (χ4v) is 2.99. The Morgan fingerprint density at radius 3 is 2.40 bits per heavy atom. The summed E-state index contributed by atoms with van der Waals surface area (Å²) in [5.41, 5.74) is 1.37. The van der Waals surface area contributed by atoms with Gasteiger partial charge in [-0.1, -0.05) is 20.8 Å². The molecule has 25 heavy (non-hydrogen) atoms. The van der Waals surface area contributed by atoms with Gasteiger partial charge in [-0.2, -0.15) is 0 Å². The van der Waals surface area contributed by atoms with Gasteiger partial charge in [0.05, 0.1) is 5.52 Å². The first-order valence-corrected chi connectivity index (χ1v) is 8.43. The van der Waals surface area contributed by atoms with Gasteiger partial charge in [-0.3, -0.25) is 14.6 Å². The summed E-state index contributed by atoms with van der Waals surface area (Å²) in [6.07, 6.45) is 0.504. The number of piperazine rings is 1. The fraction of sp³-hybridized carbons (Fsp3) is 0.500. The Morgan fingerprint density at radius 1 is 1.12 bits per heavy atom. The van der Waals surface area contributed by atoms with E-state index in [0.717, 1.165) is 0 Å². The van der Waals surface area contributed by atoms with Gasteiger partial charge in [-0.15, -0.1) is 0 Å². The first-order chi connectivity index (χ1) is 11.7. The molecule has 3 rings (SSSR count). The molecule has 0 unspecified atom stereocenters. The van der Waals surface area contributed by atoms with Crippen LogP contribution in [0.15, 0.2) is 27.4 Å². The average Bonchev–Trinajstić information content (AvgIpc) is 2.91. The first-order valence-electron chi connectivity index (χ1n) is 8.43. The number of oxazole rings is 1. The summed E-state index contributed by atoms with van der Waals surface area (Å²) >= 11 is 0. The summed E-state index contributed by atoms with van der Waals surface area (Å²) in [7, 11) is 0. The van der Waals surface area contributed by atoms with Crippen molar-refractivity contribution in [3.8, 4) is 0 Å². The molecular formula is C18H23N3O4. The number of fused-ring (bicyclic) bond motifs is 1. The van der Waals surface area contributed by atoms with Crippen molar-refractivity contribution in [1.29, 1.82) is 0 Å². The maximum Gasteiger partial charge on any atom is 0.417 e. The molecule has 0 aliphatic carbocycles. The van der Waals surface area contributed by atoms with Crippen LogP contribution in [0.2, 0.25) is 0 Å². The Labute approximate surface area is 145 Å². The molecule has 0 bridgehead atoms. The molecule has 1 aliphatic heterocycles. The minimum Gasteiger partial charge on any atom is -0.408 e. The first kappa shape index (κ1) is 17.3. The fourth-order valence-electron chi connectivity index (χ4n) is 2.99. The van der Waals surface area contributed by atoms with Crippen LogP contribution in [-0.4, -0.2) is 52.8 Å². The van der Waals surface area contributed by atoms with E-state index < -0.39 is 5.76 Å². The number of hydrogen-bond acceptors (Lipinski definition) is 4. The van der Waals surface area contributed by atoms with Crippen LogP contribution < -0.4 is 5.76 Å². The van der Waals surface area contributed by atoms with Gasteiger partial charge in [0, 0.05) is 38.2 Å². The van der Waals surface area contributed by atoms with Crippen LogP contribution in [0.4, 0.5) is 0 Å². The molecule has 7 nitrogen and oxygen atoms in total. The Balaban J connectivity index is 1.64. The molecule has 1 aromatic heterocycles. The summed E-state index contributed by atoms with van der Waals surface area (Å²) in [5, 5.41) is 0. The molecule has 2 aromatic rings. The van der Waals surface area contributed by atoms with Crippen LogP contribution in [0.1, 0.15) is 37.6 Å². The van der Waals surface area contributed by atoms with Gasteiger partial charge in [0.25, 0.3) is 5.91 Å². The molecule has 2 heterocycles. The number of amides is 2. The number of carbonyl (C=O) groups is 2. The second kappa shape index (κ2) is 6.38. The van der Waals surface area contributed by atoms with E-state index in [4.69, 9.17) is 4.42 Å². The lowest BCUT2D eigenvalue weighted by Gasteiger charge is -2.36. The van der Waals surface area contributed by atoms with E-state index in [2.05, 4.69) is 4.98 Å². The Hall–Kier alpha value is -2.57. The second-order valence-corrected chi connectivity index (χ2v) is 7.64. The number of H-pyrrole nitrogens is 1. The number of rotatable bonds is 2. The lowest BCUT2D eigenvalue weighted by Crippen LogP contribution is -2.51. The summed E-state index contributed by atoms with van der Waals surface area (Å²) in [5.74, 6) is -0.519. The van der Waals surface area contributed by atoms with Crippen molar-refractivity contribution in [2.75, 3.05) is 26.2 Å². The second-order valence-electron chi connectivity index (χ2n) is 7.64. The summed E-state index contributed by atoms with van der Waals surface area (Å²) in [6.45, 7) is 8.22. The van der Waals surface area contributed by atoms with Gasteiger partial charge in [0.1, 0.15) is 0 Å². The zero-order valence-corrected chi connectivity index (χ0v) is 14.8. The maximum atomic E-state index is 12.6. The van der Waals surface area contributed by atoms with E-state index in [1.165, 1.54) is 0 Å². The molecule has 0 radical (unpaired) electrons. The highest BCUT2D eigenvalue weighted by atomic mass is 16.4. The number of carbonyl (C=O) groups excluding carboxylic acids is 2. The largest absolute Gasteiger partial charge is 0.417 e. The SMILES string of the molecule is CC(C)(C)CC(=O)N1CCN(C(=O)c2ccc3[nH]c(=O)oc3c2)CC1. The summed E-state index contributed by atoms with van der Waals surface area (Å²) in [6, 6.07) is 4.91. The molecule has 0 spiro atoms. The van der Waals surface area contributed by atoms with Crippen molar-refractivity contribution in [3.63, 3.8) is 0 Å². The maximum absolute atomic E-state index is 12.6. The highest BCUT2D eigenvalue weighted by molar-refractivity contribution is 5.97. The quantitative estimate of drug-likeness (QED) is 0.900. The normalized spacial score (nSPS) is 15.6. The van der Waals surface area contributed by atoms with Crippen molar-refractivity contribution in [3.05, 3.63) is 34.3 Å². The third-order valence-corrected chi connectivity index (χ3v) is 4.27. The Kier molecular flexibility index (Phi) is 4.41. The topological polar surface area (TPSA) is 86.6 Å². The zero-order valence-electron chi connectivity index (χ0n) is 14.8. The molecule has 1 N–H and O–H groups in total. The van der Waals surface area contributed by atoms with Gasteiger partial charge < -0.3 is 14.2 Å². The van der Waals surface area contributed by atoms with Crippen molar-refractivity contribution in [1.82, 2.24) is 14.8 Å². The van der Waals surface area contributed by atoms with Crippen molar-refractivity contribution in [2.45, 2.75) is 27.2 Å². The van der Waals surface area contributed by atoms with Crippen LogP contribution in [0.3, 0.4) is 0 Å². The molecule has 1 fully saturated rings. The number of hydrogen-bond donors (Lipinski definition) is 1. The Morgan fingerprint density at radius 2 is 1.76 bits per heavy atom. The van der Waals surface area contributed by atoms with Crippen LogP contribution in [0.25, 0.3) is 11.1 Å². The summed E-state index contributed by atoms with van der Waals surface area (Å²) in [4.78, 5) is 42.3. The van der Waals surface area contributed by atoms with E-state index in [1.54, 1.807) is 23.1 Å². The van der Waals surface area contributed by atoms with Crippen molar-refractivity contribution in [2.24, 2.45) is 5.41 Å². The van der Waals surface area contributed by atoms with E-state index >= 15 is 0 Å². The van der Waals surface area contributed by atoms with Crippen LogP contribution in [0.5, 0.6) is 0 Å². The monoisotopic (exact) mass is 345 g/mol. The molecule has 1 aliphatic rings. The number of nitrogens with zero attached hydrogens (tertiary/aromatic N) is 2. The van der Waals surface area contributed by atoms with E-state index in [1.807, 2.05) is 25.7 Å². The third-order valence-electron chi connectivity index (χ3n) is 4.27.